The van der Waals surface area contributed by atoms with Gasteiger partial charge in [-0.2, -0.15) is 0 Å². The number of nitrogens with one attached hydrogen (secondary N) is 2. The first-order chi connectivity index (χ1) is 11.5. The van der Waals surface area contributed by atoms with E-state index >= 15 is 0 Å². The Morgan fingerprint density at radius 2 is 2.25 bits per heavy atom. The highest BCUT2D eigenvalue weighted by Gasteiger charge is 2.20. The summed E-state index contributed by atoms with van der Waals surface area (Å²) in [6.07, 6.45) is 1.34. The van der Waals surface area contributed by atoms with Gasteiger partial charge in [0, 0.05) is 6.07 Å². The molecule has 0 aliphatic carbocycles. The normalized spacial score (nSPS) is 10.9. The number of carboxylic acids is 1. The molecule has 3 rings (SSSR count). The third-order valence-electron chi connectivity index (χ3n) is 2.91. The number of pyridine rings is 1. The van der Waals surface area contributed by atoms with Crippen molar-refractivity contribution in [2.24, 2.45) is 0 Å². The summed E-state index contributed by atoms with van der Waals surface area (Å²) in [6, 6.07) is 4.85. The van der Waals surface area contributed by atoms with Gasteiger partial charge in [-0.15, -0.1) is 11.3 Å². The first-order valence-corrected chi connectivity index (χ1v) is 8.49. The summed E-state index contributed by atoms with van der Waals surface area (Å²) in [5.41, 5.74) is -0.642. The highest BCUT2D eigenvalue weighted by atomic mass is 35.5. The molecule has 0 spiro atoms. The van der Waals surface area contributed by atoms with Crippen molar-refractivity contribution in [3.05, 3.63) is 44.6 Å². The largest absolute Gasteiger partial charge is 0.480 e. The van der Waals surface area contributed by atoms with Crippen LogP contribution in [0.15, 0.2) is 38.6 Å². The molecule has 3 N–H and O–H groups in total. The zero-order chi connectivity index (χ0) is 17.3. The Bertz CT molecular complexity index is 993. The van der Waals surface area contributed by atoms with Crippen LogP contribution in [-0.4, -0.2) is 38.1 Å². The molecule has 8 nitrogen and oxygen atoms in total. The summed E-state index contributed by atoms with van der Waals surface area (Å²) in [5.74, 6) is -1.99. The fraction of sp³-hybridized carbons (Fsp3) is 0.0769. The Kier molecular flexibility index (Phi) is 4.60. The molecule has 0 aliphatic heterocycles. The van der Waals surface area contributed by atoms with Crippen LogP contribution >= 0.6 is 34.7 Å². The molecule has 0 saturated heterocycles. The highest BCUT2D eigenvalue weighted by Crippen LogP contribution is 2.34. The number of hydrogen-bond acceptors (Lipinski definition) is 6. The van der Waals surface area contributed by atoms with Crippen molar-refractivity contribution in [3.63, 3.8) is 0 Å². The molecule has 3 aromatic heterocycles. The lowest BCUT2D eigenvalue weighted by Crippen LogP contribution is -2.33. The Hall–Kier alpha value is -2.30. The number of carbonyl (C=O) groups excluding carboxylic acids is 1. The van der Waals surface area contributed by atoms with Gasteiger partial charge in [-0.05, 0) is 12.1 Å². The average Bonchev–Trinajstić information content (AvgIpc) is 3.14. The van der Waals surface area contributed by atoms with Gasteiger partial charge in [0.1, 0.15) is 23.5 Å². The molecule has 11 heteroatoms. The predicted molar refractivity (Wildman–Crippen MR) is 89.2 cm³/mol. The number of aromatic amines is 1. The number of H-pyrrole nitrogens is 1. The average molecular weight is 385 g/mol. The van der Waals surface area contributed by atoms with Crippen molar-refractivity contribution >= 4 is 52.2 Å². The van der Waals surface area contributed by atoms with E-state index in [0.717, 1.165) is 4.21 Å². The topological polar surface area (TPSA) is 117 Å². The molecule has 1 amide bonds. The van der Waals surface area contributed by atoms with E-state index in [1.54, 1.807) is 6.07 Å². The number of carboxylic acid groups (broad SMARTS) is 1. The predicted octanol–water partition coefficient (Wildman–Crippen LogP) is 1.70. The van der Waals surface area contributed by atoms with Gasteiger partial charge in [-0.1, -0.05) is 23.4 Å². The third-order valence-corrected chi connectivity index (χ3v) is 5.28. The molecule has 0 fully saturated rings. The van der Waals surface area contributed by atoms with Crippen LogP contribution < -0.4 is 10.7 Å². The van der Waals surface area contributed by atoms with E-state index in [1.165, 1.54) is 40.0 Å². The SMILES string of the molecule is O=C(O)CNC(=O)c1c(=O)cc(Sc2ccc(Cl)s2)n2[nH]cnc12. The highest BCUT2D eigenvalue weighted by molar-refractivity contribution is 8.01. The van der Waals surface area contributed by atoms with Crippen LogP contribution in [0.3, 0.4) is 0 Å². The van der Waals surface area contributed by atoms with Gasteiger partial charge in [0.15, 0.2) is 11.1 Å². The van der Waals surface area contributed by atoms with Gasteiger partial charge in [0.2, 0.25) is 0 Å². The second kappa shape index (κ2) is 6.67. The second-order valence-electron chi connectivity index (χ2n) is 4.51. The van der Waals surface area contributed by atoms with Crippen molar-refractivity contribution in [2.75, 3.05) is 6.54 Å². The molecule has 0 aromatic carbocycles. The summed E-state index contributed by atoms with van der Waals surface area (Å²) in [6.45, 7) is -0.584. The van der Waals surface area contributed by atoms with Crippen molar-refractivity contribution in [1.29, 1.82) is 0 Å². The molecular weight excluding hydrogens is 376 g/mol. The lowest BCUT2D eigenvalue weighted by Gasteiger charge is -2.07. The molecule has 0 saturated carbocycles. The minimum absolute atomic E-state index is 0.121. The number of fused-ring (bicyclic) bond motifs is 1. The Morgan fingerprint density at radius 3 is 2.92 bits per heavy atom. The number of aromatic nitrogens is 3. The van der Waals surface area contributed by atoms with Gasteiger partial charge in [-0.25, -0.2) is 9.50 Å². The maximum atomic E-state index is 12.3. The van der Waals surface area contributed by atoms with Crippen LogP contribution in [-0.2, 0) is 4.79 Å². The minimum Gasteiger partial charge on any atom is -0.480 e. The van der Waals surface area contributed by atoms with Crippen LogP contribution in [0.1, 0.15) is 10.4 Å². The standard InChI is InChI=1S/C13H9ClN4O4S2/c14-7-1-2-10(23-7)24-8-3-6(19)11(12-16-5-17-18(8)12)13(22)15-4-9(20)21/h1-3,5H,4H2,(H,15,22)(H,16,17)(H,20,21). The first kappa shape index (κ1) is 16.6. The molecule has 0 aliphatic rings. The van der Waals surface area contributed by atoms with Crippen molar-refractivity contribution in [2.45, 2.75) is 9.24 Å². The van der Waals surface area contributed by atoms with Crippen LogP contribution in [0.5, 0.6) is 0 Å². The van der Waals surface area contributed by atoms with E-state index in [-0.39, 0.29) is 11.2 Å². The second-order valence-corrected chi connectivity index (χ2v) is 7.54. The van der Waals surface area contributed by atoms with Gasteiger partial charge in [-0.3, -0.25) is 19.5 Å². The summed E-state index contributed by atoms with van der Waals surface area (Å²) >= 11 is 8.55. The molecule has 0 radical (unpaired) electrons. The van der Waals surface area contributed by atoms with Crippen LogP contribution in [0.4, 0.5) is 0 Å². The van der Waals surface area contributed by atoms with Gasteiger partial charge in [0.05, 0.1) is 8.55 Å². The van der Waals surface area contributed by atoms with Crippen molar-refractivity contribution < 1.29 is 14.7 Å². The van der Waals surface area contributed by atoms with Crippen LogP contribution in [0.25, 0.3) is 5.65 Å². The molecule has 3 aromatic rings. The number of rotatable bonds is 5. The van der Waals surface area contributed by atoms with Gasteiger partial charge in [0.25, 0.3) is 5.91 Å². The first-order valence-electron chi connectivity index (χ1n) is 6.48. The van der Waals surface area contributed by atoms with Crippen LogP contribution in [0, 0.1) is 0 Å². The van der Waals surface area contributed by atoms with Gasteiger partial charge >= 0.3 is 5.97 Å². The van der Waals surface area contributed by atoms with E-state index in [4.69, 9.17) is 16.7 Å². The molecule has 3 heterocycles. The molecule has 24 heavy (non-hydrogen) atoms. The summed E-state index contributed by atoms with van der Waals surface area (Å²) < 4.78 is 2.97. The zero-order valence-corrected chi connectivity index (χ0v) is 14.2. The summed E-state index contributed by atoms with van der Waals surface area (Å²) in [7, 11) is 0. The number of thiophene rings is 1. The smallest absolute Gasteiger partial charge is 0.322 e. The van der Waals surface area contributed by atoms with E-state index in [1.807, 2.05) is 6.07 Å². The molecule has 124 valence electrons. The van der Waals surface area contributed by atoms with E-state index in [2.05, 4.69) is 15.4 Å². The maximum absolute atomic E-state index is 12.3. The number of amides is 1. The third kappa shape index (κ3) is 3.30. The maximum Gasteiger partial charge on any atom is 0.322 e. The van der Waals surface area contributed by atoms with Gasteiger partial charge < -0.3 is 10.4 Å². The van der Waals surface area contributed by atoms with Crippen molar-refractivity contribution in [3.8, 4) is 0 Å². The fourth-order valence-corrected chi connectivity index (χ4v) is 4.30. The monoisotopic (exact) mass is 384 g/mol. The number of carbonyl (C=O) groups is 2. The number of nitrogens with zero attached hydrogens (tertiary/aromatic N) is 2. The fourth-order valence-electron chi connectivity index (χ4n) is 1.96. The zero-order valence-electron chi connectivity index (χ0n) is 11.8. The van der Waals surface area contributed by atoms with E-state index in [9.17, 15) is 14.4 Å². The number of halogens is 1. The van der Waals surface area contributed by atoms with E-state index in [0.29, 0.717) is 9.36 Å². The van der Waals surface area contributed by atoms with Crippen LogP contribution in [0.2, 0.25) is 4.34 Å². The quantitative estimate of drug-likeness (QED) is 0.616. The Morgan fingerprint density at radius 1 is 1.46 bits per heavy atom. The number of hydrogen-bond donors (Lipinski definition) is 3. The molecule has 0 bridgehead atoms. The lowest BCUT2D eigenvalue weighted by molar-refractivity contribution is -0.135. The molecule has 0 atom stereocenters. The minimum atomic E-state index is -1.21. The lowest BCUT2D eigenvalue weighted by atomic mass is 10.2. The summed E-state index contributed by atoms with van der Waals surface area (Å²) in [4.78, 5) is 39.0. The molecular formula is C13H9ClN4O4S2. The van der Waals surface area contributed by atoms with Crippen molar-refractivity contribution in [1.82, 2.24) is 19.9 Å². The number of aliphatic carboxylic acids is 1. The Balaban J connectivity index is 2.01. The molecule has 0 unspecified atom stereocenters. The summed E-state index contributed by atoms with van der Waals surface area (Å²) in [5, 5.41) is 14.1. The van der Waals surface area contributed by atoms with E-state index < -0.39 is 23.9 Å². The Labute approximate surface area is 147 Å².